The Labute approximate surface area is 115 Å². The second kappa shape index (κ2) is 6.71. The minimum Gasteiger partial charge on any atom is -0.355 e. The van der Waals surface area contributed by atoms with Crippen LogP contribution in [0.25, 0.3) is 0 Å². The summed E-state index contributed by atoms with van der Waals surface area (Å²) < 4.78 is 0. The maximum atomic E-state index is 11.5. The molecule has 0 spiro atoms. The molecule has 1 aromatic rings. The predicted octanol–water partition coefficient (Wildman–Crippen LogP) is 2.43. The van der Waals surface area contributed by atoms with Crippen LogP contribution in [0.1, 0.15) is 43.7 Å². The van der Waals surface area contributed by atoms with Gasteiger partial charge in [-0.25, -0.2) is 0 Å². The highest BCUT2D eigenvalue weighted by Gasteiger charge is 2.23. The number of amides is 1. The van der Waals surface area contributed by atoms with Crippen LogP contribution in [0.3, 0.4) is 0 Å². The van der Waals surface area contributed by atoms with Gasteiger partial charge in [0.15, 0.2) is 0 Å². The van der Waals surface area contributed by atoms with Gasteiger partial charge >= 0.3 is 0 Å². The molecule has 3 heteroatoms. The molecular weight excluding hydrogens is 236 g/mol. The Morgan fingerprint density at radius 1 is 1.37 bits per heavy atom. The summed E-state index contributed by atoms with van der Waals surface area (Å²) >= 11 is 0. The SMILES string of the molecule is CC(C)CNC(=O)CNCc1cccc(C2CC2)c1. The quantitative estimate of drug-likeness (QED) is 0.790. The van der Waals surface area contributed by atoms with Crippen molar-refractivity contribution >= 4 is 5.91 Å². The highest BCUT2D eigenvalue weighted by molar-refractivity contribution is 5.77. The van der Waals surface area contributed by atoms with Crippen molar-refractivity contribution < 1.29 is 4.79 Å². The van der Waals surface area contributed by atoms with Gasteiger partial charge in [0.25, 0.3) is 0 Å². The largest absolute Gasteiger partial charge is 0.355 e. The molecule has 2 N–H and O–H groups in total. The van der Waals surface area contributed by atoms with Crippen molar-refractivity contribution in [2.75, 3.05) is 13.1 Å². The summed E-state index contributed by atoms with van der Waals surface area (Å²) in [6.07, 6.45) is 2.66. The molecule has 1 fully saturated rings. The average molecular weight is 260 g/mol. The van der Waals surface area contributed by atoms with E-state index in [4.69, 9.17) is 0 Å². The Kier molecular flexibility index (Phi) is 4.97. The van der Waals surface area contributed by atoms with Crippen molar-refractivity contribution in [2.45, 2.75) is 39.2 Å². The summed E-state index contributed by atoms with van der Waals surface area (Å²) in [6, 6.07) is 8.70. The van der Waals surface area contributed by atoms with E-state index in [1.54, 1.807) is 0 Å². The summed E-state index contributed by atoms with van der Waals surface area (Å²) in [6.45, 7) is 6.09. The molecule has 0 radical (unpaired) electrons. The van der Waals surface area contributed by atoms with Crippen molar-refractivity contribution in [3.8, 4) is 0 Å². The first-order chi connectivity index (χ1) is 9.15. The molecule has 2 rings (SSSR count). The maximum absolute atomic E-state index is 11.5. The van der Waals surface area contributed by atoms with Crippen molar-refractivity contribution in [2.24, 2.45) is 5.92 Å². The van der Waals surface area contributed by atoms with Crippen LogP contribution in [0.15, 0.2) is 24.3 Å². The number of carbonyl (C=O) groups excluding carboxylic acids is 1. The Balaban J connectivity index is 1.70. The van der Waals surface area contributed by atoms with Crippen LogP contribution in [0, 0.1) is 5.92 Å². The molecule has 1 saturated carbocycles. The minimum absolute atomic E-state index is 0.0760. The van der Waals surface area contributed by atoms with Gasteiger partial charge in [0, 0.05) is 13.1 Å². The van der Waals surface area contributed by atoms with Crippen LogP contribution in [0.2, 0.25) is 0 Å². The van der Waals surface area contributed by atoms with Crippen molar-refractivity contribution in [1.82, 2.24) is 10.6 Å². The van der Waals surface area contributed by atoms with Crippen LogP contribution in [-0.4, -0.2) is 19.0 Å². The van der Waals surface area contributed by atoms with Crippen LogP contribution in [0.5, 0.6) is 0 Å². The number of carbonyl (C=O) groups is 1. The first kappa shape index (κ1) is 14.1. The third kappa shape index (κ3) is 5.03. The Morgan fingerprint density at radius 3 is 2.84 bits per heavy atom. The van der Waals surface area contributed by atoms with E-state index in [-0.39, 0.29) is 5.91 Å². The van der Waals surface area contributed by atoms with E-state index in [9.17, 15) is 4.79 Å². The molecule has 1 amide bonds. The second-order valence-electron chi connectivity index (χ2n) is 5.82. The highest BCUT2D eigenvalue weighted by Crippen LogP contribution is 2.40. The summed E-state index contributed by atoms with van der Waals surface area (Å²) in [5.74, 6) is 1.36. The Bertz CT molecular complexity index is 425. The normalized spacial score (nSPS) is 14.7. The number of hydrogen-bond donors (Lipinski definition) is 2. The lowest BCUT2D eigenvalue weighted by molar-refractivity contribution is -0.120. The molecule has 1 aliphatic carbocycles. The van der Waals surface area contributed by atoms with E-state index < -0.39 is 0 Å². The zero-order valence-corrected chi connectivity index (χ0v) is 11.9. The number of benzene rings is 1. The van der Waals surface area contributed by atoms with E-state index in [2.05, 4.69) is 48.7 Å². The van der Waals surface area contributed by atoms with E-state index in [1.165, 1.54) is 24.0 Å². The Morgan fingerprint density at radius 2 is 2.16 bits per heavy atom. The highest BCUT2D eigenvalue weighted by atomic mass is 16.1. The topological polar surface area (TPSA) is 41.1 Å². The van der Waals surface area contributed by atoms with E-state index >= 15 is 0 Å². The molecule has 0 bridgehead atoms. The maximum Gasteiger partial charge on any atom is 0.233 e. The van der Waals surface area contributed by atoms with Crippen molar-refractivity contribution in [1.29, 1.82) is 0 Å². The van der Waals surface area contributed by atoms with Crippen LogP contribution >= 0.6 is 0 Å². The molecule has 19 heavy (non-hydrogen) atoms. The molecule has 3 nitrogen and oxygen atoms in total. The van der Waals surface area contributed by atoms with Gasteiger partial charge in [0.2, 0.25) is 5.91 Å². The third-order valence-corrected chi connectivity index (χ3v) is 3.32. The lowest BCUT2D eigenvalue weighted by Gasteiger charge is -2.09. The molecule has 104 valence electrons. The summed E-state index contributed by atoms with van der Waals surface area (Å²) in [4.78, 5) is 11.5. The van der Waals surface area contributed by atoms with Gasteiger partial charge in [-0.2, -0.15) is 0 Å². The number of rotatable bonds is 7. The number of hydrogen-bond acceptors (Lipinski definition) is 2. The van der Waals surface area contributed by atoms with E-state index in [1.807, 2.05) is 0 Å². The van der Waals surface area contributed by atoms with Gasteiger partial charge < -0.3 is 10.6 Å². The molecule has 0 aliphatic heterocycles. The van der Waals surface area contributed by atoms with Gasteiger partial charge in [-0.3, -0.25) is 4.79 Å². The predicted molar refractivity (Wildman–Crippen MR) is 78.0 cm³/mol. The molecule has 0 atom stereocenters. The van der Waals surface area contributed by atoms with Crippen LogP contribution in [-0.2, 0) is 11.3 Å². The monoisotopic (exact) mass is 260 g/mol. The third-order valence-electron chi connectivity index (χ3n) is 3.32. The minimum atomic E-state index is 0.0760. The molecular formula is C16H24N2O. The molecule has 0 heterocycles. The molecule has 0 unspecified atom stereocenters. The standard InChI is InChI=1S/C16H24N2O/c1-12(2)9-18-16(19)11-17-10-13-4-3-5-15(8-13)14-6-7-14/h3-5,8,12,14,17H,6-7,9-11H2,1-2H3,(H,18,19). The fourth-order valence-corrected chi connectivity index (χ4v) is 2.07. The first-order valence-electron chi connectivity index (χ1n) is 7.21. The van der Waals surface area contributed by atoms with Gasteiger partial charge in [0.1, 0.15) is 0 Å². The molecule has 0 saturated heterocycles. The summed E-state index contributed by atoms with van der Waals surface area (Å²) in [7, 11) is 0. The fourth-order valence-electron chi connectivity index (χ4n) is 2.07. The van der Waals surface area contributed by atoms with Crippen molar-refractivity contribution in [3.05, 3.63) is 35.4 Å². The van der Waals surface area contributed by atoms with Gasteiger partial charge in [-0.05, 0) is 35.8 Å². The molecule has 1 aromatic carbocycles. The van der Waals surface area contributed by atoms with Gasteiger partial charge in [-0.1, -0.05) is 38.1 Å². The summed E-state index contributed by atoms with van der Waals surface area (Å²) in [5, 5.41) is 6.11. The lowest BCUT2D eigenvalue weighted by Crippen LogP contribution is -2.35. The number of nitrogens with one attached hydrogen (secondary N) is 2. The smallest absolute Gasteiger partial charge is 0.233 e. The van der Waals surface area contributed by atoms with Gasteiger partial charge in [0.05, 0.1) is 6.54 Å². The molecule has 1 aliphatic rings. The second-order valence-corrected chi connectivity index (χ2v) is 5.82. The average Bonchev–Trinajstić information content (AvgIpc) is 3.21. The zero-order valence-electron chi connectivity index (χ0n) is 11.9. The van der Waals surface area contributed by atoms with E-state index in [0.717, 1.165) is 19.0 Å². The van der Waals surface area contributed by atoms with Crippen LogP contribution in [0.4, 0.5) is 0 Å². The van der Waals surface area contributed by atoms with Crippen molar-refractivity contribution in [3.63, 3.8) is 0 Å². The first-order valence-corrected chi connectivity index (χ1v) is 7.21. The van der Waals surface area contributed by atoms with E-state index in [0.29, 0.717) is 12.5 Å². The van der Waals surface area contributed by atoms with Crippen LogP contribution < -0.4 is 10.6 Å². The molecule has 0 aromatic heterocycles. The Hall–Kier alpha value is -1.35. The van der Waals surface area contributed by atoms with Gasteiger partial charge in [-0.15, -0.1) is 0 Å². The summed E-state index contributed by atoms with van der Waals surface area (Å²) in [5.41, 5.74) is 2.71. The lowest BCUT2D eigenvalue weighted by atomic mass is 10.1. The fraction of sp³-hybridized carbons (Fsp3) is 0.562. The zero-order chi connectivity index (χ0) is 13.7.